The fraction of sp³-hybridized carbons (Fsp3) is 0.190. The number of ether oxygens (including phenoxy) is 3. The number of rotatable bonds is 7. The Morgan fingerprint density at radius 2 is 1.90 bits per heavy atom. The molecule has 1 aliphatic heterocycles. The number of amides is 1. The maximum absolute atomic E-state index is 12.9. The molecule has 0 aromatic heterocycles. The molecule has 0 N–H and O–H groups in total. The third kappa shape index (κ3) is 4.96. The van der Waals surface area contributed by atoms with Crippen molar-refractivity contribution in [1.82, 2.24) is 0 Å². The number of nitrogens with zero attached hydrogens (tertiary/aromatic N) is 1. The lowest BCUT2D eigenvalue weighted by atomic mass is 10.1. The second kappa shape index (κ2) is 9.58. The summed E-state index contributed by atoms with van der Waals surface area (Å²) in [6.07, 6.45) is 1.76. The zero-order valence-corrected chi connectivity index (χ0v) is 17.5. The Morgan fingerprint density at radius 1 is 1.14 bits per heavy atom. The Morgan fingerprint density at radius 3 is 2.59 bits per heavy atom. The summed E-state index contributed by atoms with van der Waals surface area (Å²) in [7, 11) is 1.30. The van der Waals surface area contributed by atoms with Crippen molar-refractivity contribution >= 4 is 51.9 Å². The van der Waals surface area contributed by atoms with E-state index >= 15 is 0 Å². The summed E-state index contributed by atoms with van der Waals surface area (Å²) >= 11 is 6.64. The fourth-order valence-corrected chi connectivity index (χ4v) is 3.92. The van der Waals surface area contributed by atoms with Crippen molar-refractivity contribution in [3.63, 3.8) is 0 Å². The van der Waals surface area contributed by atoms with Gasteiger partial charge >= 0.3 is 5.97 Å². The topological polar surface area (TPSA) is 65.1 Å². The van der Waals surface area contributed by atoms with Gasteiger partial charge in [-0.2, -0.15) is 0 Å². The third-order valence-corrected chi connectivity index (χ3v) is 5.25. The van der Waals surface area contributed by atoms with Crippen LogP contribution < -0.4 is 14.4 Å². The molecule has 1 heterocycles. The molecule has 0 atom stereocenters. The number of hydrogen-bond acceptors (Lipinski definition) is 7. The van der Waals surface area contributed by atoms with Gasteiger partial charge in [0.15, 0.2) is 22.4 Å². The first-order valence-corrected chi connectivity index (χ1v) is 10.1. The van der Waals surface area contributed by atoms with Gasteiger partial charge in [0.2, 0.25) is 0 Å². The van der Waals surface area contributed by atoms with Gasteiger partial charge in [0.1, 0.15) is 0 Å². The van der Waals surface area contributed by atoms with E-state index in [1.54, 1.807) is 24.3 Å². The van der Waals surface area contributed by atoms with E-state index in [1.165, 1.54) is 23.8 Å². The van der Waals surface area contributed by atoms with Crippen molar-refractivity contribution in [1.29, 1.82) is 0 Å². The standard InChI is InChI=1S/C21H19NO5S2/c1-3-26-17-11-14(9-10-16(17)27-13-19(23)25-2)12-18-20(24)22(21(28)29-18)15-7-5-4-6-8-15/h4-12H,3,13H2,1-2H3/b18-12+. The molecule has 1 saturated heterocycles. The number of thiocarbonyl (C=S) groups is 1. The smallest absolute Gasteiger partial charge is 0.343 e. The average molecular weight is 430 g/mol. The van der Waals surface area contributed by atoms with Gasteiger partial charge < -0.3 is 14.2 Å². The van der Waals surface area contributed by atoms with Gasteiger partial charge in [-0.3, -0.25) is 9.69 Å². The molecule has 150 valence electrons. The summed E-state index contributed by atoms with van der Waals surface area (Å²) in [4.78, 5) is 26.2. The molecule has 2 aromatic rings. The molecule has 29 heavy (non-hydrogen) atoms. The maximum Gasteiger partial charge on any atom is 0.343 e. The summed E-state index contributed by atoms with van der Waals surface area (Å²) < 4.78 is 16.1. The average Bonchev–Trinajstić information content (AvgIpc) is 3.01. The number of carbonyl (C=O) groups is 2. The fourth-order valence-electron chi connectivity index (χ4n) is 2.62. The minimum atomic E-state index is -0.485. The Kier molecular flexibility index (Phi) is 6.90. The van der Waals surface area contributed by atoms with Crippen molar-refractivity contribution in [3.05, 3.63) is 59.0 Å². The highest BCUT2D eigenvalue weighted by Gasteiger charge is 2.33. The van der Waals surface area contributed by atoms with Crippen LogP contribution in [0.2, 0.25) is 0 Å². The quantitative estimate of drug-likeness (QED) is 0.374. The molecule has 0 aliphatic carbocycles. The van der Waals surface area contributed by atoms with E-state index < -0.39 is 5.97 Å². The first kappa shape index (κ1) is 20.9. The Labute approximate surface area is 178 Å². The highest BCUT2D eigenvalue weighted by atomic mass is 32.2. The second-order valence-corrected chi connectivity index (χ2v) is 7.53. The van der Waals surface area contributed by atoms with Gasteiger partial charge in [0.25, 0.3) is 5.91 Å². The molecule has 0 bridgehead atoms. The van der Waals surface area contributed by atoms with Gasteiger partial charge in [-0.1, -0.05) is 48.2 Å². The Hall–Kier alpha value is -2.84. The highest BCUT2D eigenvalue weighted by molar-refractivity contribution is 8.27. The number of thioether (sulfide) groups is 1. The summed E-state index contributed by atoms with van der Waals surface area (Å²) in [5, 5.41) is 0. The maximum atomic E-state index is 12.9. The molecule has 0 saturated carbocycles. The van der Waals surface area contributed by atoms with Crippen LogP contribution in [-0.2, 0) is 14.3 Å². The van der Waals surface area contributed by atoms with Crippen LogP contribution in [-0.4, -0.2) is 36.5 Å². The van der Waals surface area contributed by atoms with E-state index in [4.69, 9.17) is 21.7 Å². The van der Waals surface area contributed by atoms with Crippen LogP contribution in [0.25, 0.3) is 6.08 Å². The van der Waals surface area contributed by atoms with E-state index in [0.717, 1.165) is 11.3 Å². The van der Waals surface area contributed by atoms with Gasteiger partial charge in [-0.15, -0.1) is 0 Å². The summed E-state index contributed by atoms with van der Waals surface area (Å²) in [6.45, 7) is 2.06. The molecule has 1 amide bonds. The highest BCUT2D eigenvalue weighted by Crippen LogP contribution is 2.37. The van der Waals surface area contributed by atoms with Crippen LogP contribution in [0.1, 0.15) is 12.5 Å². The number of hydrogen-bond donors (Lipinski definition) is 0. The van der Waals surface area contributed by atoms with E-state index in [-0.39, 0.29) is 12.5 Å². The number of para-hydroxylation sites is 1. The molecular formula is C21H19NO5S2. The zero-order chi connectivity index (χ0) is 20.8. The molecule has 3 rings (SSSR count). The van der Waals surface area contributed by atoms with Crippen LogP contribution >= 0.6 is 24.0 Å². The summed E-state index contributed by atoms with van der Waals surface area (Å²) in [5.41, 5.74) is 1.49. The van der Waals surface area contributed by atoms with Crippen LogP contribution in [0.4, 0.5) is 5.69 Å². The number of esters is 1. The first-order valence-electron chi connectivity index (χ1n) is 8.83. The van der Waals surface area contributed by atoms with E-state index in [1.807, 2.05) is 37.3 Å². The lowest BCUT2D eigenvalue weighted by Crippen LogP contribution is -2.27. The molecule has 0 radical (unpaired) electrons. The lowest BCUT2D eigenvalue weighted by Gasteiger charge is -2.14. The molecule has 0 spiro atoms. The van der Waals surface area contributed by atoms with Gasteiger partial charge in [0.05, 0.1) is 24.3 Å². The van der Waals surface area contributed by atoms with Gasteiger partial charge in [-0.05, 0) is 42.8 Å². The molecule has 1 fully saturated rings. The first-order chi connectivity index (χ1) is 14.0. The number of methoxy groups -OCH3 is 1. The van der Waals surface area contributed by atoms with E-state index in [0.29, 0.717) is 27.3 Å². The summed E-state index contributed by atoms with van der Waals surface area (Å²) in [5.74, 6) is 0.242. The SMILES string of the molecule is CCOc1cc(/C=C2/SC(=S)N(c3ccccc3)C2=O)ccc1OCC(=O)OC. The van der Waals surface area contributed by atoms with Gasteiger partial charge in [0, 0.05) is 0 Å². The van der Waals surface area contributed by atoms with Crippen LogP contribution in [0.5, 0.6) is 11.5 Å². The Bertz CT molecular complexity index is 959. The van der Waals surface area contributed by atoms with Crippen LogP contribution in [0, 0.1) is 0 Å². The number of benzene rings is 2. The minimum Gasteiger partial charge on any atom is -0.490 e. The van der Waals surface area contributed by atoms with E-state index in [2.05, 4.69) is 4.74 Å². The molecule has 6 nitrogen and oxygen atoms in total. The molecule has 1 aliphatic rings. The summed E-state index contributed by atoms with van der Waals surface area (Å²) in [6, 6.07) is 14.5. The predicted octanol–water partition coefficient (Wildman–Crippen LogP) is 4.04. The van der Waals surface area contributed by atoms with E-state index in [9.17, 15) is 9.59 Å². The third-order valence-electron chi connectivity index (χ3n) is 3.95. The monoisotopic (exact) mass is 429 g/mol. The zero-order valence-electron chi connectivity index (χ0n) is 15.9. The predicted molar refractivity (Wildman–Crippen MR) is 117 cm³/mol. The minimum absolute atomic E-state index is 0.171. The molecule has 8 heteroatoms. The van der Waals surface area contributed by atoms with Crippen molar-refractivity contribution in [2.45, 2.75) is 6.92 Å². The van der Waals surface area contributed by atoms with Crippen LogP contribution in [0.3, 0.4) is 0 Å². The largest absolute Gasteiger partial charge is 0.490 e. The second-order valence-electron chi connectivity index (χ2n) is 5.86. The molecule has 0 unspecified atom stereocenters. The molecular weight excluding hydrogens is 410 g/mol. The molecule has 2 aromatic carbocycles. The van der Waals surface area contributed by atoms with Crippen molar-refractivity contribution < 1.29 is 23.8 Å². The van der Waals surface area contributed by atoms with Crippen LogP contribution in [0.15, 0.2) is 53.4 Å². The number of anilines is 1. The Balaban J connectivity index is 1.84. The van der Waals surface area contributed by atoms with Gasteiger partial charge in [-0.25, -0.2) is 4.79 Å². The number of carbonyl (C=O) groups excluding carboxylic acids is 2. The lowest BCUT2D eigenvalue weighted by molar-refractivity contribution is -0.142. The normalized spacial score (nSPS) is 15.0. The van der Waals surface area contributed by atoms with Crippen molar-refractivity contribution in [2.75, 3.05) is 25.2 Å². The van der Waals surface area contributed by atoms with Crippen molar-refractivity contribution in [2.24, 2.45) is 0 Å². The van der Waals surface area contributed by atoms with Crippen molar-refractivity contribution in [3.8, 4) is 11.5 Å².